The predicted octanol–water partition coefficient (Wildman–Crippen LogP) is 2.55. The van der Waals surface area contributed by atoms with Gasteiger partial charge in [-0.1, -0.05) is 29.8 Å². The van der Waals surface area contributed by atoms with Gasteiger partial charge in [-0.05, 0) is 38.2 Å². The first-order valence-corrected chi connectivity index (χ1v) is 8.60. The molecule has 5 heteroatoms. The van der Waals surface area contributed by atoms with Crippen LogP contribution in [0.1, 0.15) is 36.8 Å². The van der Waals surface area contributed by atoms with Crippen LogP contribution in [0.5, 0.6) is 0 Å². The van der Waals surface area contributed by atoms with Gasteiger partial charge in [0.1, 0.15) is 0 Å². The molecule has 0 unspecified atom stereocenters. The highest BCUT2D eigenvalue weighted by Gasteiger charge is 2.33. The summed E-state index contributed by atoms with van der Waals surface area (Å²) in [6.07, 6.45) is 1.86. The molecule has 110 valence electrons. The Labute approximate surface area is 119 Å². The van der Waals surface area contributed by atoms with Crippen molar-refractivity contribution in [3.8, 4) is 0 Å². The van der Waals surface area contributed by atoms with E-state index in [-0.39, 0.29) is 16.9 Å². The molecule has 0 spiro atoms. The van der Waals surface area contributed by atoms with E-state index in [1.54, 1.807) is 0 Å². The van der Waals surface area contributed by atoms with E-state index in [9.17, 15) is 13.2 Å². The van der Waals surface area contributed by atoms with Crippen molar-refractivity contribution in [2.45, 2.75) is 43.6 Å². The molecule has 2 rings (SSSR count). The zero-order chi connectivity index (χ0) is 14.8. The third-order valence-electron chi connectivity index (χ3n) is 4.02. The second-order valence-electron chi connectivity index (χ2n) is 5.60. The minimum atomic E-state index is -3.19. The van der Waals surface area contributed by atoms with Crippen molar-refractivity contribution in [1.29, 1.82) is 0 Å². The maximum atomic E-state index is 12.4. The molecule has 0 aliphatic heterocycles. The van der Waals surface area contributed by atoms with Crippen molar-refractivity contribution in [3.05, 3.63) is 35.4 Å². The molecule has 0 saturated heterocycles. The van der Waals surface area contributed by atoms with Gasteiger partial charge in [0, 0.05) is 0 Å². The van der Waals surface area contributed by atoms with Crippen LogP contribution in [0.4, 0.5) is 0 Å². The Balaban J connectivity index is 2.01. The summed E-state index contributed by atoms with van der Waals surface area (Å²) in [5.74, 6) is -1.13. The second kappa shape index (κ2) is 5.95. The summed E-state index contributed by atoms with van der Waals surface area (Å²) < 4.78 is 24.7. The van der Waals surface area contributed by atoms with Crippen LogP contribution >= 0.6 is 0 Å². The maximum Gasteiger partial charge on any atom is 0.306 e. The predicted molar refractivity (Wildman–Crippen MR) is 77.2 cm³/mol. The van der Waals surface area contributed by atoms with Crippen molar-refractivity contribution in [1.82, 2.24) is 0 Å². The number of aliphatic carboxylic acids is 1. The molecular weight excluding hydrogens is 276 g/mol. The average Bonchev–Trinajstić information content (AvgIpc) is 2.41. The lowest BCUT2D eigenvalue weighted by Gasteiger charge is -2.25. The molecule has 20 heavy (non-hydrogen) atoms. The fourth-order valence-corrected chi connectivity index (χ4v) is 4.59. The highest BCUT2D eigenvalue weighted by atomic mass is 32.2. The van der Waals surface area contributed by atoms with Gasteiger partial charge in [0.05, 0.1) is 16.9 Å². The number of benzene rings is 1. The molecule has 1 N–H and O–H groups in total. The standard InChI is InChI=1S/C15H20O4S/c1-11-2-4-12(5-3-11)10-20(18,19)14-8-6-13(7-9-14)15(16)17/h2-5,13-14H,6-10H2,1H3,(H,16,17). The van der Waals surface area contributed by atoms with E-state index in [4.69, 9.17) is 5.11 Å². The third-order valence-corrected chi connectivity index (χ3v) is 6.24. The molecule has 1 fully saturated rings. The highest BCUT2D eigenvalue weighted by molar-refractivity contribution is 7.91. The van der Waals surface area contributed by atoms with Crippen LogP contribution in [0.15, 0.2) is 24.3 Å². The van der Waals surface area contributed by atoms with E-state index < -0.39 is 15.8 Å². The molecule has 0 radical (unpaired) electrons. The lowest BCUT2D eigenvalue weighted by Crippen LogP contribution is -2.30. The van der Waals surface area contributed by atoms with Crippen LogP contribution in [-0.4, -0.2) is 24.7 Å². The molecule has 4 nitrogen and oxygen atoms in total. The molecule has 0 amide bonds. The van der Waals surface area contributed by atoms with Gasteiger partial charge >= 0.3 is 5.97 Å². The maximum absolute atomic E-state index is 12.4. The molecule has 1 aromatic rings. The first kappa shape index (κ1) is 15.0. The number of sulfone groups is 1. The quantitative estimate of drug-likeness (QED) is 0.927. The number of carboxylic acids is 1. The van der Waals surface area contributed by atoms with E-state index in [1.807, 2.05) is 31.2 Å². The van der Waals surface area contributed by atoms with Crippen LogP contribution in [0.3, 0.4) is 0 Å². The number of carbonyl (C=O) groups is 1. The zero-order valence-corrected chi connectivity index (χ0v) is 12.4. The normalized spacial score (nSPS) is 23.4. The fourth-order valence-electron chi connectivity index (χ4n) is 2.70. The Morgan fingerprint density at radius 3 is 2.20 bits per heavy atom. The minimum Gasteiger partial charge on any atom is -0.481 e. The van der Waals surface area contributed by atoms with Crippen LogP contribution in [0.2, 0.25) is 0 Å². The van der Waals surface area contributed by atoms with Gasteiger partial charge in [-0.3, -0.25) is 4.79 Å². The Morgan fingerprint density at radius 2 is 1.70 bits per heavy atom. The Morgan fingerprint density at radius 1 is 1.15 bits per heavy atom. The van der Waals surface area contributed by atoms with Gasteiger partial charge in [0.15, 0.2) is 9.84 Å². The lowest BCUT2D eigenvalue weighted by molar-refractivity contribution is -0.142. The van der Waals surface area contributed by atoms with Gasteiger partial charge in [-0.25, -0.2) is 8.42 Å². The molecule has 0 atom stereocenters. The first-order valence-electron chi connectivity index (χ1n) is 6.88. The van der Waals surface area contributed by atoms with Crippen molar-refractivity contribution >= 4 is 15.8 Å². The summed E-state index contributed by atoms with van der Waals surface area (Å²) in [6.45, 7) is 1.96. The Hall–Kier alpha value is -1.36. The molecule has 1 aromatic carbocycles. The van der Waals surface area contributed by atoms with E-state index in [0.717, 1.165) is 11.1 Å². The Bertz CT molecular complexity index is 566. The summed E-state index contributed by atoms with van der Waals surface area (Å²) in [5, 5.41) is 8.55. The molecule has 1 saturated carbocycles. The number of carboxylic acid groups (broad SMARTS) is 1. The van der Waals surface area contributed by atoms with Gasteiger partial charge in [-0.2, -0.15) is 0 Å². The van der Waals surface area contributed by atoms with Gasteiger partial charge in [0.25, 0.3) is 0 Å². The van der Waals surface area contributed by atoms with Crippen LogP contribution < -0.4 is 0 Å². The van der Waals surface area contributed by atoms with Crippen LogP contribution in [0, 0.1) is 12.8 Å². The minimum absolute atomic E-state index is 0.0513. The largest absolute Gasteiger partial charge is 0.481 e. The smallest absolute Gasteiger partial charge is 0.306 e. The Kier molecular flexibility index (Phi) is 4.48. The second-order valence-corrected chi connectivity index (χ2v) is 7.89. The monoisotopic (exact) mass is 296 g/mol. The van der Waals surface area contributed by atoms with Crippen molar-refractivity contribution < 1.29 is 18.3 Å². The van der Waals surface area contributed by atoms with Crippen molar-refractivity contribution in [2.24, 2.45) is 5.92 Å². The van der Waals surface area contributed by atoms with E-state index in [2.05, 4.69) is 0 Å². The van der Waals surface area contributed by atoms with E-state index >= 15 is 0 Å². The van der Waals surface area contributed by atoms with Gasteiger partial charge in [0.2, 0.25) is 0 Å². The summed E-state index contributed by atoms with van der Waals surface area (Å²) in [4.78, 5) is 10.9. The third kappa shape index (κ3) is 3.60. The highest BCUT2D eigenvalue weighted by Crippen LogP contribution is 2.30. The summed E-state index contributed by atoms with van der Waals surface area (Å²) in [7, 11) is -3.19. The molecule has 0 aromatic heterocycles. The molecule has 0 bridgehead atoms. The lowest BCUT2D eigenvalue weighted by atomic mass is 9.89. The van der Waals surface area contributed by atoms with Gasteiger partial charge in [-0.15, -0.1) is 0 Å². The number of hydrogen-bond acceptors (Lipinski definition) is 3. The summed E-state index contributed by atoms with van der Waals surface area (Å²) >= 11 is 0. The van der Waals surface area contributed by atoms with E-state index in [1.165, 1.54) is 0 Å². The average molecular weight is 296 g/mol. The van der Waals surface area contributed by atoms with E-state index in [0.29, 0.717) is 25.7 Å². The summed E-state index contributed by atoms with van der Waals surface area (Å²) in [5.41, 5.74) is 1.91. The molecular formula is C15H20O4S. The number of aryl methyl sites for hydroxylation is 1. The van der Waals surface area contributed by atoms with Crippen molar-refractivity contribution in [2.75, 3.05) is 0 Å². The number of rotatable bonds is 4. The molecule has 0 heterocycles. The van der Waals surface area contributed by atoms with Crippen LogP contribution in [0.25, 0.3) is 0 Å². The fraction of sp³-hybridized carbons (Fsp3) is 0.533. The summed E-state index contributed by atoms with van der Waals surface area (Å²) in [6, 6.07) is 7.50. The first-order chi connectivity index (χ1) is 9.38. The molecule has 1 aliphatic rings. The van der Waals surface area contributed by atoms with Gasteiger partial charge < -0.3 is 5.11 Å². The van der Waals surface area contributed by atoms with Crippen molar-refractivity contribution in [3.63, 3.8) is 0 Å². The topological polar surface area (TPSA) is 71.4 Å². The van der Waals surface area contributed by atoms with Crippen LogP contribution in [-0.2, 0) is 20.4 Å². The SMILES string of the molecule is Cc1ccc(CS(=O)(=O)C2CCC(C(=O)O)CC2)cc1. The molecule has 1 aliphatic carbocycles. The zero-order valence-electron chi connectivity index (χ0n) is 11.6. The number of hydrogen-bond donors (Lipinski definition) is 1.